The molecule has 2 heterocycles. The average molecular weight is 253 g/mol. The summed E-state index contributed by atoms with van der Waals surface area (Å²) in [5.41, 5.74) is 0. The first kappa shape index (κ1) is 14.3. The molecule has 0 saturated carbocycles. The van der Waals surface area contributed by atoms with E-state index in [1.54, 1.807) is 0 Å². The Morgan fingerprint density at radius 2 is 1.72 bits per heavy atom. The van der Waals surface area contributed by atoms with Gasteiger partial charge in [-0.2, -0.15) is 0 Å². The molecule has 2 saturated heterocycles. The minimum Gasteiger partial charge on any atom is -0.313 e. The van der Waals surface area contributed by atoms with Gasteiger partial charge in [0.15, 0.2) is 0 Å². The first-order chi connectivity index (χ1) is 8.79. The summed E-state index contributed by atoms with van der Waals surface area (Å²) in [5.74, 6) is 0. The van der Waals surface area contributed by atoms with E-state index in [1.807, 2.05) is 0 Å². The van der Waals surface area contributed by atoms with Gasteiger partial charge in [0.2, 0.25) is 0 Å². The number of likely N-dealkylation sites (N-methyl/N-ethyl adjacent to an activating group) is 1. The molecule has 0 aliphatic carbocycles. The molecular formula is C15H31N3. The second-order valence-corrected chi connectivity index (χ2v) is 6.09. The maximum Gasteiger partial charge on any atom is 0.0166 e. The van der Waals surface area contributed by atoms with Crippen LogP contribution in [-0.2, 0) is 0 Å². The third kappa shape index (κ3) is 4.22. The summed E-state index contributed by atoms with van der Waals surface area (Å²) in [5, 5.41) is 3.52. The normalized spacial score (nSPS) is 26.3. The van der Waals surface area contributed by atoms with Gasteiger partial charge in [0, 0.05) is 18.6 Å². The average Bonchev–Trinajstić information content (AvgIpc) is 2.41. The van der Waals surface area contributed by atoms with Gasteiger partial charge >= 0.3 is 0 Å². The molecule has 0 aromatic heterocycles. The second kappa shape index (κ2) is 7.46. The summed E-state index contributed by atoms with van der Waals surface area (Å²) >= 11 is 0. The summed E-state index contributed by atoms with van der Waals surface area (Å²) in [4.78, 5) is 5.41. The summed E-state index contributed by atoms with van der Waals surface area (Å²) in [7, 11) is 0. The van der Waals surface area contributed by atoms with Gasteiger partial charge in [0.05, 0.1) is 0 Å². The highest BCUT2D eigenvalue weighted by Crippen LogP contribution is 2.20. The third-order valence-electron chi connectivity index (χ3n) is 4.55. The number of nitrogens with zero attached hydrogens (tertiary/aromatic N) is 2. The highest BCUT2D eigenvalue weighted by Gasteiger charge is 2.25. The number of likely N-dealkylation sites (tertiary alicyclic amines) is 2. The first-order valence-corrected chi connectivity index (χ1v) is 7.99. The molecule has 0 radical (unpaired) electrons. The van der Waals surface area contributed by atoms with Crippen molar-refractivity contribution in [3.63, 3.8) is 0 Å². The van der Waals surface area contributed by atoms with Crippen LogP contribution in [0.3, 0.4) is 0 Å². The molecule has 2 fully saturated rings. The van der Waals surface area contributed by atoms with Gasteiger partial charge in [-0.3, -0.25) is 0 Å². The van der Waals surface area contributed by atoms with E-state index < -0.39 is 0 Å². The molecule has 0 aromatic carbocycles. The van der Waals surface area contributed by atoms with Crippen LogP contribution >= 0.6 is 0 Å². The minimum atomic E-state index is 0.640. The van der Waals surface area contributed by atoms with E-state index in [0.717, 1.165) is 12.6 Å². The quantitative estimate of drug-likeness (QED) is 0.808. The zero-order valence-corrected chi connectivity index (χ0v) is 12.3. The lowest BCUT2D eigenvalue weighted by Gasteiger charge is -2.40. The maximum atomic E-state index is 3.52. The van der Waals surface area contributed by atoms with Crippen LogP contribution < -0.4 is 5.32 Å². The maximum absolute atomic E-state index is 3.52. The highest BCUT2D eigenvalue weighted by molar-refractivity contribution is 4.82. The molecule has 2 rings (SSSR count). The molecule has 1 unspecified atom stereocenters. The molecule has 2 aliphatic rings. The lowest BCUT2D eigenvalue weighted by molar-refractivity contribution is 0.0891. The summed E-state index contributed by atoms with van der Waals surface area (Å²) in [6, 6.07) is 1.53. The van der Waals surface area contributed by atoms with Gasteiger partial charge in [-0.15, -0.1) is 0 Å². The fourth-order valence-electron chi connectivity index (χ4n) is 3.55. The highest BCUT2D eigenvalue weighted by atomic mass is 15.2. The zero-order valence-electron chi connectivity index (χ0n) is 12.3. The van der Waals surface area contributed by atoms with Gasteiger partial charge in [-0.1, -0.05) is 13.3 Å². The van der Waals surface area contributed by atoms with Crippen LogP contribution in [-0.4, -0.2) is 61.2 Å². The monoisotopic (exact) mass is 253 g/mol. The van der Waals surface area contributed by atoms with E-state index in [1.165, 1.54) is 64.8 Å². The Kier molecular flexibility index (Phi) is 5.93. The largest absolute Gasteiger partial charge is 0.313 e. The van der Waals surface area contributed by atoms with Crippen molar-refractivity contribution in [2.24, 2.45) is 0 Å². The number of hydrogen-bond donors (Lipinski definition) is 1. The number of piperidine rings is 2. The Balaban J connectivity index is 1.67. The molecule has 106 valence electrons. The molecule has 3 nitrogen and oxygen atoms in total. The predicted molar refractivity (Wildman–Crippen MR) is 78.0 cm³/mol. The summed E-state index contributed by atoms with van der Waals surface area (Å²) < 4.78 is 0. The van der Waals surface area contributed by atoms with E-state index in [2.05, 4.69) is 29.0 Å². The standard InChI is InChI=1S/C15H31N3/c1-3-16-14(2)13-17-11-7-15(8-12-17)18-9-5-4-6-10-18/h14-16H,3-13H2,1-2H3. The van der Waals surface area contributed by atoms with Gasteiger partial charge in [0.25, 0.3) is 0 Å². The topological polar surface area (TPSA) is 18.5 Å². The van der Waals surface area contributed by atoms with Crippen LogP contribution in [0.1, 0.15) is 46.0 Å². The smallest absolute Gasteiger partial charge is 0.0166 e. The number of rotatable bonds is 5. The van der Waals surface area contributed by atoms with Gasteiger partial charge in [-0.05, 0) is 65.3 Å². The molecular weight excluding hydrogens is 222 g/mol. The number of hydrogen-bond acceptors (Lipinski definition) is 3. The van der Waals surface area contributed by atoms with E-state index in [9.17, 15) is 0 Å². The second-order valence-electron chi connectivity index (χ2n) is 6.09. The Bertz CT molecular complexity index is 218. The van der Waals surface area contributed by atoms with Crippen molar-refractivity contribution in [3.8, 4) is 0 Å². The Labute approximate surface area is 113 Å². The summed E-state index contributed by atoms with van der Waals surface area (Å²) in [6.45, 7) is 12.1. The van der Waals surface area contributed by atoms with Crippen molar-refractivity contribution in [2.75, 3.05) is 39.3 Å². The third-order valence-corrected chi connectivity index (χ3v) is 4.55. The van der Waals surface area contributed by atoms with Crippen LogP contribution in [0.5, 0.6) is 0 Å². The molecule has 1 N–H and O–H groups in total. The Morgan fingerprint density at radius 3 is 2.33 bits per heavy atom. The molecule has 18 heavy (non-hydrogen) atoms. The predicted octanol–water partition coefficient (Wildman–Crippen LogP) is 1.93. The molecule has 0 spiro atoms. The van der Waals surface area contributed by atoms with Crippen molar-refractivity contribution in [1.29, 1.82) is 0 Å². The van der Waals surface area contributed by atoms with E-state index >= 15 is 0 Å². The lowest BCUT2D eigenvalue weighted by Crippen LogP contribution is -2.49. The Hall–Kier alpha value is -0.120. The van der Waals surface area contributed by atoms with Gasteiger partial charge < -0.3 is 15.1 Å². The van der Waals surface area contributed by atoms with Crippen LogP contribution in [0.4, 0.5) is 0 Å². The van der Waals surface area contributed by atoms with Crippen LogP contribution in [0, 0.1) is 0 Å². The van der Waals surface area contributed by atoms with Gasteiger partial charge in [-0.25, -0.2) is 0 Å². The van der Waals surface area contributed by atoms with E-state index in [-0.39, 0.29) is 0 Å². The summed E-state index contributed by atoms with van der Waals surface area (Å²) in [6.07, 6.45) is 7.09. The zero-order chi connectivity index (χ0) is 12.8. The first-order valence-electron chi connectivity index (χ1n) is 7.99. The number of nitrogens with one attached hydrogen (secondary N) is 1. The lowest BCUT2D eigenvalue weighted by atomic mass is 9.99. The fourth-order valence-corrected chi connectivity index (χ4v) is 3.55. The van der Waals surface area contributed by atoms with Crippen molar-refractivity contribution in [2.45, 2.75) is 58.0 Å². The molecule has 1 atom stereocenters. The molecule has 2 aliphatic heterocycles. The molecule has 0 amide bonds. The van der Waals surface area contributed by atoms with E-state index in [4.69, 9.17) is 0 Å². The van der Waals surface area contributed by atoms with Gasteiger partial charge in [0.1, 0.15) is 0 Å². The SMILES string of the molecule is CCNC(C)CN1CCC(N2CCCCC2)CC1. The van der Waals surface area contributed by atoms with Crippen molar-refractivity contribution < 1.29 is 0 Å². The minimum absolute atomic E-state index is 0.640. The molecule has 0 aromatic rings. The van der Waals surface area contributed by atoms with Crippen molar-refractivity contribution >= 4 is 0 Å². The van der Waals surface area contributed by atoms with Crippen LogP contribution in [0.15, 0.2) is 0 Å². The van der Waals surface area contributed by atoms with Crippen molar-refractivity contribution in [3.05, 3.63) is 0 Å². The van der Waals surface area contributed by atoms with Crippen molar-refractivity contribution in [1.82, 2.24) is 15.1 Å². The molecule has 3 heteroatoms. The van der Waals surface area contributed by atoms with Crippen LogP contribution in [0.25, 0.3) is 0 Å². The Morgan fingerprint density at radius 1 is 1.06 bits per heavy atom. The van der Waals surface area contributed by atoms with Crippen LogP contribution in [0.2, 0.25) is 0 Å². The molecule has 0 bridgehead atoms. The fraction of sp³-hybridized carbons (Fsp3) is 1.00. The van der Waals surface area contributed by atoms with E-state index in [0.29, 0.717) is 6.04 Å².